The minimum Gasteiger partial charge on any atom is -0.409 e. The van der Waals surface area contributed by atoms with Crippen LogP contribution in [0.3, 0.4) is 0 Å². The Morgan fingerprint density at radius 1 is 1.56 bits per heavy atom. The third kappa shape index (κ3) is 2.87. The van der Waals surface area contributed by atoms with E-state index in [1.54, 1.807) is 24.3 Å². The SMILES string of the molecule is CC(C(=O)Nc1ccccc1Cl)C(N)=NO. The van der Waals surface area contributed by atoms with Crippen LogP contribution in [0, 0.1) is 5.92 Å². The molecule has 0 aromatic heterocycles. The Labute approximate surface area is 97.9 Å². The number of nitrogens with zero attached hydrogens (tertiary/aromatic N) is 1. The number of carbonyl (C=O) groups is 1. The molecule has 86 valence electrons. The molecule has 0 saturated heterocycles. The standard InChI is InChI=1S/C10H12ClN3O2/c1-6(9(12)14-16)10(15)13-8-5-3-2-4-7(8)11/h2-6,16H,1H3,(H2,12,14)(H,13,15). The molecule has 0 saturated carbocycles. The molecule has 0 radical (unpaired) electrons. The molecule has 0 aliphatic carbocycles. The number of para-hydroxylation sites is 1. The topological polar surface area (TPSA) is 87.7 Å². The zero-order valence-electron chi connectivity index (χ0n) is 8.64. The van der Waals surface area contributed by atoms with E-state index in [9.17, 15) is 4.79 Å². The summed E-state index contributed by atoms with van der Waals surface area (Å²) in [6.45, 7) is 1.53. The van der Waals surface area contributed by atoms with Crippen molar-refractivity contribution in [1.29, 1.82) is 0 Å². The van der Waals surface area contributed by atoms with Gasteiger partial charge in [-0.2, -0.15) is 0 Å². The predicted molar refractivity (Wildman–Crippen MR) is 62.7 cm³/mol. The molecule has 4 N–H and O–H groups in total. The van der Waals surface area contributed by atoms with Crippen LogP contribution >= 0.6 is 11.6 Å². The summed E-state index contributed by atoms with van der Waals surface area (Å²) in [6, 6.07) is 6.82. The van der Waals surface area contributed by atoms with Crippen LogP contribution in [-0.4, -0.2) is 17.0 Å². The fraction of sp³-hybridized carbons (Fsp3) is 0.200. The highest BCUT2D eigenvalue weighted by Gasteiger charge is 2.18. The lowest BCUT2D eigenvalue weighted by molar-refractivity contribution is -0.117. The molecule has 6 heteroatoms. The molecule has 0 aliphatic heterocycles. The third-order valence-corrected chi connectivity index (χ3v) is 2.41. The lowest BCUT2D eigenvalue weighted by Crippen LogP contribution is -2.32. The van der Waals surface area contributed by atoms with Crippen LogP contribution in [0.2, 0.25) is 5.02 Å². The van der Waals surface area contributed by atoms with Gasteiger partial charge in [0.05, 0.1) is 16.6 Å². The Morgan fingerprint density at radius 3 is 2.75 bits per heavy atom. The summed E-state index contributed by atoms with van der Waals surface area (Å²) in [5.74, 6) is -1.26. The average Bonchev–Trinajstić information content (AvgIpc) is 2.30. The Balaban J connectivity index is 2.76. The van der Waals surface area contributed by atoms with Gasteiger partial charge in [-0.1, -0.05) is 28.9 Å². The molecular formula is C10H12ClN3O2. The van der Waals surface area contributed by atoms with Crippen molar-refractivity contribution in [3.8, 4) is 0 Å². The first kappa shape index (κ1) is 12.3. The number of hydrogen-bond acceptors (Lipinski definition) is 3. The summed E-state index contributed by atoms with van der Waals surface area (Å²) < 4.78 is 0. The van der Waals surface area contributed by atoms with Gasteiger partial charge in [-0.05, 0) is 19.1 Å². The van der Waals surface area contributed by atoms with E-state index in [0.717, 1.165) is 0 Å². The van der Waals surface area contributed by atoms with Crippen LogP contribution in [0.25, 0.3) is 0 Å². The minimum absolute atomic E-state index is 0.149. The lowest BCUT2D eigenvalue weighted by Gasteiger charge is -2.11. The Kier molecular flexibility index (Phi) is 4.13. The van der Waals surface area contributed by atoms with Gasteiger partial charge in [0, 0.05) is 0 Å². The van der Waals surface area contributed by atoms with Crippen LogP contribution in [0.5, 0.6) is 0 Å². The maximum absolute atomic E-state index is 11.6. The van der Waals surface area contributed by atoms with Crippen molar-refractivity contribution in [2.45, 2.75) is 6.92 Å². The van der Waals surface area contributed by atoms with Gasteiger partial charge in [0.2, 0.25) is 5.91 Å². The van der Waals surface area contributed by atoms with Crippen molar-refractivity contribution in [3.05, 3.63) is 29.3 Å². The third-order valence-electron chi connectivity index (χ3n) is 2.08. The molecule has 1 unspecified atom stereocenters. The lowest BCUT2D eigenvalue weighted by atomic mass is 10.1. The molecule has 1 atom stereocenters. The van der Waals surface area contributed by atoms with Gasteiger partial charge >= 0.3 is 0 Å². The van der Waals surface area contributed by atoms with Gasteiger partial charge in [-0.15, -0.1) is 0 Å². The zero-order valence-corrected chi connectivity index (χ0v) is 9.40. The monoisotopic (exact) mass is 241 g/mol. The molecular weight excluding hydrogens is 230 g/mol. The van der Waals surface area contributed by atoms with Crippen molar-refractivity contribution in [2.24, 2.45) is 16.8 Å². The second kappa shape index (κ2) is 5.37. The number of benzene rings is 1. The number of amidine groups is 1. The highest BCUT2D eigenvalue weighted by Crippen LogP contribution is 2.20. The molecule has 0 heterocycles. The Bertz CT molecular complexity index is 420. The fourth-order valence-corrected chi connectivity index (χ4v) is 1.21. The fourth-order valence-electron chi connectivity index (χ4n) is 1.02. The molecule has 0 spiro atoms. The molecule has 5 nitrogen and oxygen atoms in total. The van der Waals surface area contributed by atoms with Crippen molar-refractivity contribution < 1.29 is 10.0 Å². The molecule has 1 rings (SSSR count). The van der Waals surface area contributed by atoms with Crippen LogP contribution < -0.4 is 11.1 Å². The number of nitrogens with two attached hydrogens (primary N) is 1. The Hall–Kier alpha value is -1.75. The number of amides is 1. The minimum atomic E-state index is -0.721. The largest absolute Gasteiger partial charge is 0.409 e. The number of nitrogens with one attached hydrogen (secondary N) is 1. The number of anilines is 1. The first-order valence-corrected chi connectivity index (χ1v) is 4.97. The molecule has 0 aliphatic rings. The van der Waals surface area contributed by atoms with E-state index in [2.05, 4.69) is 10.5 Å². The maximum atomic E-state index is 11.6. The molecule has 1 aromatic rings. The van der Waals surface area contributed by atoms with E-state index >= 15 is 0 Å². The second-order valence-corrected chi connectivity index (χ2v) is 3.62. The van der Waals surface area contributed by atoms with E-state index in [4.69, 9.17) is 22.5 Å². The second-order valence-electron chi connectivity index (χ2n) is 3.22. The van der Waals surface area contributed by atoms with Crippen LogP contribution in [-0.2, 0) is 4.79 Å². The quantitative estimate of drug-likeness (QED) is 0.326. The van der Waals surface area contributed by atoms with E-state index in [1.165, 1.54) is 6.92 Å². The van der Waals surface area contributed by atoms with Crippen molar-refractivity contribution in [1.82, 2.24) is 0 Å². The molecule has 16 heavy (non-hydrogen) atoms. The summed E-state index contributed by atoms with van der Waals surface area (Å²) in [7, 11) is 0. The van der Waals surface area contributed by atoms with Crippen molar-refractivity contribution in [3.63, 3.8) is 0 Å². The summed E-state index contributed by atoms with van der Waals surface area (Å²) in [5, 5.41) is 14.2. The average molecular weight is 242 g/mol. The maximum Gasteiger partial charge on any atom is 0.234 e. The highest BCUT2D eigenvalue weighted by atomic mass is 35.5. The van der Waals surface area contributed by atoms with E-state index in [-0.39, 0.29) is 11.7 Å². The van der Waals surface area contributed by atoms with Crippen molar-refractivity contribution in [2.75, 3.05) is 5.32 Å². The number of oxime groups is 1. The van der Waals surface area contributed by atoms with E-state index in [0.29, 0.717) is 10.7 Å². The first-order valence-electron chi connectivity index (χ1n) is 4.59. The molecule has 0 bridgehead atoms. The van der Waals surface area contributed by atoms with Gasteiger partial charge in [-0.25, -0.2) is 0 Å². The number of rotatable bonds is 3. The number of halogens is 1. The van der Waals surface area contributed by atoms with Gasteiger partial charge in [0.15, 0.2) is 5.84 Å². The van der Waals surface area contributed by atoms with E-state index in [1.807, 2.05) is 0 Å². The van der Waals surface area contributed by atoms with Crippen LogP contribution in [0.15, 0.2) is 29.4 Å². The summed E-state index contributed by atoms with van der Waals surface area (Å²) in [4.78, 5) is 11.6. The smallest absolute Gasteiger partial charge is 0.234 e. The number of hydrogen-bond donors (Lipinski definition) is 3. The Morgan fingerprint density at radius 2 is 2.19 bits per heavy atom. The summed E-state index contributed by atoms with van der Waals surface area (Å²) >= 11 is 5.86. The van der Waals surface area contributed by atoms with Gasteiger partial charge < -0.3 is 16.3 Å². The van der Waals surface area contributed by atoms with Gasteiger partial charge in [0.25, 0.3) is 0 Å². The van der Waals surface area contributed by atoms with E-state index < -0.39 is 5.92 Å². The van der Waals surface area contributed by atoms with Gasteiger partial charge in [0.1, 0.15) is 0 Å². The molecule has 0 fully saturated rings. The van der Waals surface area contributed by atoms with Crippen LogP contribution in [0.1, 0.15) is 6.92 Å². The highest BCUT2D eigenvalue weighted by molar-refractivity contribution is 6.33. The summed E-state index contributed by atoms with van der Waals surface area (Å²) in [6.07, 6.45) is 0. The number of carbonyl (C=O) groups excluding carboxylic acids is 1. The zero-order chi connectivity index (χ0) is 12.1. The van der Waals surface area contributed by atoms with Crippen molar-refractivity contribution >= 4 is 29.0 Å². The summed E-state index contributed by atoms with van der Waals surface area (Å²) in [5.41, 5.74) is 5.81. The first-order chi connectivity index (χ1) is 7.56. The molecule has 1 aromatic carbocycles. The normalized spacial score (nSPS) is 13.2. The predicted octanol–water partition coefficient (Wildman–Crippen LogP) is 1.66. The van der Waals surface area contributed by atoms with Crippen LogP contribution in [0.4, 0.5) is 5.69 Å². The molecule has 1 amide bonds. The van der Waals surface area contributed by atoms with Gasteiger partial charge in [-0.3, -0.25) is 4.79 Å².